The van der Waals surface area contributed by atoms with E-state index >= 15 is 0 Å². The highest BCUT2D eigenvalue weighted by atomic mass is 16.4. The normalized spacial score (nSPS) is 12.0. The molecule has 246 valence electrons. The van der Waals surface area contributed by atoms with Gasteiger partial charge < -0.3 is 19.3 Å². The summed E-state index contributed by atoms with van der Waals surface area (Å²) in [5.41, 5.74) is 8.21. The van der Waals surface area contributed by atoms with E-state index in [1.807, 2.05) is 97.1 Å². The summed E-state index contributed by atoms with van der Waals surface area (Å²) >= 11 is 0. The molecule has 52 heavy (non-hydrogen) atoms. The van der Waals surface area contributed by atoms with Gasteiger partial charge in [-0.25, -0.2) is 9.64 Å². The van der Waals surface area contributed by atoms with Crippen LogP contribution in [0.15, 0.2) is 145 Å². The lowest BCUT2D eigenvalue weighted by Gasteiger charge is -2.09. The lowest BCUT2D eigenvalue weighted by molar-refractivity contribution is -0.133. The van der Waals surface area contributed by atoms with E-state index in [0.717, 1.165) is 66.1 Å². The van der Waals surface area contributed by atoms with Crippen molar-refractivity contribution in [3.05, 3.63) is 167 Å². The van der Waals surface area contributed by atoms with Gasteiger partial charge in [0.05, 0.1) is 28.6 Å². The molecule has 8 heteroatoms. The first-order chi connectivity index (χ1) is 25.3. The minimum atomic E-state index is -1.28. The van der Waals surface area contributed by atoms with Crippen LogP contribution in [0.5, 0.6) is 0 Å². The Morgan fingerprint density at radius 1 is 0.577 bits per heavy atom. The first-order valence-electron chi connectivity index (χ1n) is 16.3. The summed E-state index contributed by atoms with van der Waals surface area (Å²) in [5, 5.41) is 32.1. The Morgan fingerprint density at radius 2 is 1.00 bits per heavy atom. The van der Waals surface area contributed by atoms with E-state index < -0.39 is 11.9 Å². The molecule has 0 aliphatic carbocycles. The van der Waals surface area contributed by atoms with Crippen molar-refractivity contribution in [3.8, 4) is 28.6 Å². The minimum absolute atomic E-state index is 0.346. The first-order valence-corrected chi connectivity index (χ1v) is 16.3. The molecule has 0 amide bonds. The van der Waals surface area contributed by atoms with Gasteiger partial charge in [-0.15, -0.1) is 0 Å². The second kappa shape index (κ2) is 12.6. The largest absolute Gasteiger partial charge is 0.486 e. The number of nitriles is 1. The van der Waals surface area contributed by atoms with Crippen LogP contribution in [0.1, 0.15) is 11.1 Å². The molecule has 0 fully saturated rings. The van der Waals surface area contributed by atoms with Crippen LogP contribution in [0.25, 0.3) is 83.1 Å². The second-order valence-electron chi connectivity index (χ2n) is 12.3. The summed E-state index contributed by atoms with van der Waals surface area (Å²) in [7, 11) is 0. The van der Waals surface area contributed by atoms with Gasteiger partial charge in [-0.05, 0) is 107 Å². The second-order valence-corrected chi connectivity index (χ2v) is 12.3. The fourth-order valence-corrected chi connectivity index (χ4v) is 6.94. The van der Waals surface area contributed by atoms with Gasteiger partial charge in [0.15, 0.2) is 0 Å². The van der Waals surface area contributed by atoms with Crippen LogP contribution < -0.4 is 0 Å². The Bertz CT molecular complexity index is 2720. The molecule has 0 spiro atoms. The van der Waals surface area contributed by atoms with Crippen molar-refractivity contribution in [2.45, 2.75) is 0 Å². The lowest BCUT2D eigenvalue weighted by atomic mass is 9.99. The number of carboxylic acids is 2. The Kier molecular flexibility index (Phi) is 7.68. The van der Waals surface area contributed by atoms with Crippen molar-refractivity contribution in [2.75, 3.05) is 0 Å². The topological polar surface area (TPSA) is 113 Å². The highest BCUT2D eigenvalue weighted by molar-refractivity contribution is 6.13. The Morgan fingerprint density at radius 3 is 1.40 bits per heavy atom. The summed E-state index contributed by atoms with van der Waals surface area (Å²) in [5.74, 6) is -2.55. The van der Waals surface area contributed by atoms with Gasteiger partial charge in [-0.1, -0.05) is 60.7 Å². The Balaban J connectivity index is 1.36. The Hall–Kier alpha value is -7.68. The van der Waals surface area contributed by atoms with Crippen LogP contribution in [-0.4, -0.2) is 31.3 Å². The average Bonchev–Trinajstić information content (AvgIpc) is 3.67. The van der Waals surface area contributed by atoms with Crippen LogP contribution in [0, 0.1) is 17.9 Å². The predicted molar refractivity (Wildman–Crippen MR) is 204 cm³/mol. The van der Waals surface area contributed by atoms with Crippen molar-refractivity contribution in [1.29, 1.82) is 5.26 Å². The third-order valence-electron chi connectivity index (χ3n) is 9.25. The van der Waals surface area contributed by atoms with Crippen LogP contribution in [0.2, 0.25) is 0 Å². The summed E-state index contributed by atoms with van der Waals surface area (Å²) < 4.78 is 4.35. The van der Waals surface area contributed by atoms with Crippen molar-refractivity contribution in [3.63, 3.8) is 0 Å². The third kappa shape index (κ3) is 5.34. The van der Waals surface area contributed by atoms with Crippen molar-refractivity contribution >= 4 is 67.7 Å². The molecule has 0 atom stereocenters. The fourth-order valence-electron chi connectivity index (χ4n) is 6.94. The van der Waals surface area contributed by atoms with E-state index in [1.54, 1.807) is 6.07 Å². The number of benzene rings is 6. The zero-order valence-corrected chi connectivity index (χ0v) is 27.4. The molecule has 0 saturated carbocycles. The maximum Gasteiger partial charge on any atom is 0.346 e. The number of para-hydroxylation sites is 2. The van der Waals surface area contributed by atoms with Crippen LogP contribution >= 0.6 is 0 Å². The van der Waals surface area contributed by atoms with Crippen molar-refractivity contribution in [2.24, 2.45) is 0 Å². The molecule has 0 radical (unpaired) electrons. The number of nitrogens with zero attached hydrogens (tertiary/aromatic N) is 4. The summed E-state index contributed by atoms with van der Waals surface area (Å²) in [6.07, 6.45) is 2.77. The van der Waals surface area contributed by atoms with Crippen molar-refractivity contribution < 1.29 is 19.8 Å². The third-order valence-corrected chi connectivity index (χ3v) is 9.25. The van der Waals surface area contributed by atoms with Gasteiger partial charge in [0.1, 0.15) is 11.6 Å². The van der Waals surface area contributed by atoms with Gasteiger partial charge in [0.25, 0.3) is 5.70 Å². The standard InChI is InChI=1S/C44H26N4O4/c1-46-38(44(51)52)23-28-13-17-40-35(22-28)37-25-30(15-19-42(37)48(40)33-10-6-3-7-11-33)29-14-18-41-36(24-29)34-21-27(20-31(26-45)43(49)50)12-16-39(34)47(41)32-8-4-2-5-9-32/h2-25H,(H,49,50)(H,51,52). The number of hydrogen-bond acceptors (Lipinski definition) is 3. The Labute approximate surface area is 297 Å². The van der Waals surface area contributed by atoms with Crippen LogP contribution in [0.4, 0.5) is 0 Å². The molecule has 2 N–H and O–H groups in total. The van der Waals surface area contributed by atoms with Gasteiger partial charge in [0, 0.05) is 32.9 Å². The number of carbonyl (C=O) groups is 2. The monoisotopic (exact) mass is 674 g/mol. The van der Waals surface area contributed by atoms with E-state index in [9.17, 15) is 25.1 Å². The molecule has 6 aromatic carbocycles. The number of carboxylic acid groups (broad SMARTS) is 2. The fraction of sp³-hybridized carbons (Fsp3) is 0. The molecular weight excluding hydrogens is 649 g/mol. The quantitative estimate of drug-likeness (QED) is 0.0993. The summed E-state index contributed by atoms with van der Waals surface area (Å²) in [4.78, 5) is 26.5. The lowest BCUT2D eigenvalue weighted by Crippen LogP contribution is -1.97. The van der Waals surface area contributed by atoms with Crippen LogP contribution in [-0.2, 0) is 9.59 Å². The van der Waals surface area contributed by atoms with E-state index in [0.29, 0.717) is 11.1 Å². The smallest absolute Gasteiger partial charge is 0.346 e. The van der Waals surface area contributed by atoms with E-state index in [2.05, 4.69) is 50.4 Å². The minimum Gasteiger partial charge on any atom is -0.486 e. The van der Waals surface area contributed by atoms with Gasteiger partial charge >= 0.3 is 11.9 Å². The molecule has 8 rings (SSSR count). The number of aliphatic carboxylic acids is 2. The molecule has 0 bridgehead atoms. The molecule has 8 aromatic rings. The predicted octanol–water partition coefficient (Wildman–Crippen LogP) is 9.88. The molecule has 0 aliphatic heterocycles. The maximum atomic E-state index is 11.6. The number of fused-ring (bicyclic) bond motifs is 6. The maximum absolute atomic E-state index is 11.6. The highest BCUT2D eigenvalue weighted by Crippen LogP contribution is 2.39. The molecule has 0 saturated heterocycles. The van der Waals surface area contributed by atoms with E-state index in [-0.39, 0.29) is 11.3 Å². The van der Waals surface area contributed by atoms with Crippen LogP contribution in [0.3, 0.4) is 0 Å². The molecule has 8 nitrogen and oxygen atoms in total. The zero-order valence-electron chi connectivity index (χ0n) is 27.4. The average molecular weight is 675 g/mol. The van der Waals surface area contributed by atoms with Gasteiger partial charge in [-0.2, -0.15) is 5.26 Å². The van der Waals surface area contributed by atoms with Gasteiger partial charge in [0.2, 0.25) is 0 Å². The molecule has 0 aliphatic rings. The van der Waals surface area contributed by atoms with E-state index in [4.69, 9.17) is 6.57 Å². The number of aromatic nitrogens is 2. The first kappa shape index (κ1) is 31.6. The van der Waals surface area contributed by atoms with E-state index in [1.165, 1.54) is 12.2 Å². The molecule has 2 heterocycles. The SMILES string of the molecule is [C-]#[N+]C(=Cc1ccc2c(c1)c1cc(-c3ccc4c(c3)c3cc(C=C(C#N)C(=O)O)ccc3n4-c3ccccc3)ccc1n2-c1ccccc1)C(=O)O. The molecule has 0 unspecified atom stereocenters. The zero-order chi connectivity index (χ0) is 35.9. The van der Waals surface area contributed by atoms with Gasteiger partial charge in [-0.3, -0.25) is 4.79 Å². The highest BCUT2D eigenvalue weighted by Gasteiger charge is 2.17. The molecular formula is C44H26N4O4. The number of rotatable bonds is 7. The number of hydrogen-bond donors (Lipinski definition) is 2. The summed E-state index contributed by atoms with van der Waals surface area (Å²) in [6, 6.07) is 45.8. The molecule has 2 aromatic heterocycles. The summed E-state index contributed by atoms with van der Waals surface area (Å²) in [6.45, 7) is 7.33. The van der Waals surface area contributed by atoms with Crippen molar-refractivity contribution in [1.82, 2.24) is 9.13 Å².